The first-order valence-corrected chi connectivity index (χ1v) is 19.0. The van der Waals surface area contributed by atoms with E-state index < -0.39 is 62.0 Å². The Labute approximate surface area is 286 Å². The van der Waals surface area contributed by atoms with E-state index in [9.17, 15) is 32.4 Å². The Morgan fingerprint density at radius 1 is 0.915 bits per heavy atom. The minimum atomic E-state index is -3.44. The number of likely N-dealkylation sites (tertiary alicyclic amines) is 1. The number of benzene rings is 1. The van der Waals surface area contributed by atoms with Gasteiger partial charge in [0.1, 0.15) is 0 Å². The first-order valence-electron chi connectivity index (χ1n) is 16.8. The lowest BCUT2D eigenvalue weighted by Gasteiger charge is -2.30. The summed E-state index contributed by atoms with van der Waals surface area (Å²) in [4.78, 5) is 66.5. The fraction of sp³-hybridized carbons (Fsp3) is 0.686. The van der Waals surface area contributed by atoms with E-state index in [0.717, 1.165) is 24.2 Å². The Hall–Kier alpha value is -2.79. The van der Waals surface area contributed by atoms with Gasteiger partial charge in [0.15, 0.2) is 21.7 Å². The second kappa shape index (κ2) is 17.6. The van der Waals surface area contributed by atoms with Crippen LogP contribution < -0.4 is 10.6 Å². The fourth-order valence-corrected chi connectivity index (χ4v) is 7.41. The van der Waals surface area contributed by atoms with Crippen molar-refractivity contribution in [1.82, 2.24) is 4.90 Å². The SMILES string of the molecule is CCCCCCCCCCCCS(=O)(=O)CC(C)C(=O)Nc1ccc(Cl)c(NC(=O)C(C(=O)C(C)(C)C)N2C(=O)CC(C)(C)C2=O)c1. The van der Waals surface area contributed by atoms with Crippen LogP contribution in [-0.4, -0.2) is 60.3 Å². The zero-order chi connectivity index (χ0) is 35.6. The average molecular weight is 696 g/mol. The summed E-state index contributed by atoms with van der Waals surface area (Å²) in [5.41, 5.74) is -1.84. The van der Waals surface area contributed by atoms with Gasteiger partial charge in [-0.25, -0.2) is 8.42 Å². The molecule has 0 aromatic heterocycles. The van der Waals surface area contributed by atoms with Crippen molar-refractivity contribution >= 4 is 62.2 Å². The number of amides is 4. The summed E-state index contributed by atoms with van der Waals surface area (Å²) in [5, 5.41) is 5.32. The van der Waals surface area contributed by atoms with E-state index in [1.807, 2.05) is 0 Å². The molecule has 4 amide bonds. The smallest absolute Gasteiger partial charge is 0.255 e. The molecule has 2 unspecified atom stereocenters. The van der Waals surface area contributed by atoms with Crippen molar-refractivity contribution in [2.24, 2.45) is 16.7 Å². The van der Waals surface area contributed by atoms with E-state index in [1.54, 1.807) is 34.6 Å². The number of carbonyl (C=O) groups excluding carboxylic acids is 5. The summed E-state index contributed by atoms with van der Waals surface area (Å²) < 4.78 is 25.4. The zero-order valence-corrected chi connectivity index (χ0v) is 30.7. The van der Waals surface area contributed by atoms with E-state index in [0.29, 0.717) is 6.42 Å². The molecule has 2 atom stereocenters. The molecule has 1 aliphatic heterocycles. The Morgan fingerprint density at radius 3 is 1.98 bits per heavy atom. The highest BCUT2D eigenvalue weighted by atomic mass is 35.5. The highest BCUT2D eigenvalue weighted by Gasteiger charge is 2.53. The van der Waals surface area contributed by atoms with Gasteiger partial charge in [-0.3, -0.25) is 28.9 Å². The van der Waals surface area contributed by atoms with Crippen molar-refractivity contribution in [1.29, 1.82) is 0 Å². The van der Waals surface area contributed by atoms with Gasteiger partial charge in [-0.1, -0.05) is 118 Å². The summed E-state index contributed by atoms with van der Waals surface area (Å²) in [6.45, 7) is 11.7. The van der Waals surface area contributed by atoms with E-state index in [1.165, 1.54) is 63.6 Å². The molecule has 12 heteroatoms. The van der Waals surface area contributed by atoms with E-state index in [4.69, 9.17) is 11.6 Å². The van der Waals surface area contributed by atoms with Crippen molar-refractivity contribution in [3.05, 3.63) is 23.2 Å². The van der Waals surface area contributed by atoms with Crippen molar-refractivity contribution in [2.75, 3.05) is 22.1 Å². The number of nitrogens with zero attached hydrogens (tertiary/aromatic N) is 1. The maximum atomic E-state index is 13.6. The summed E-state index contributed by atoms with van der Waals surface area (Å²) in [6, 6.07) is 2.58. The molecule has 2 N–H and O–H groups in total. The molecule has 0 aliphatic carbocycles. The van der Waals surface area contributed by atoms with Crippen molar-refractivity contribution in [3.63, 3.8) is 0 Å². The number of rotatable bonds is 19. The van der Waals surface area contributed by atoms with Gasteiger partial charge < -0.3 is 10.6 Å². The van der Waals surface area contributed by atoms with Crippen LogP contribution in [0.1, 0.15) is 119 Å². The quantitative estimate of drug-likeness (QED) is 0.0904. The molecule has 264 valence electrons. The number of ketones is 1. The van der Waals surface area contributed by atoms with Crippen LogP contribution >= 0.6 is 11.6 Å². The molecule has 10 nitrogen and oxygen atoms in total. The number of halogens is 1. The third-order valence-electron chi connectivity index (χ3n) is 8.41. The fourth-order valence-electron chi connectivity index (χ4n) is 5.52. The number of anilines is 2. The molecule has 0 saturated carbocycles. The first-order chi connectivity index (χ1) is 21.8. The molecule has 0 bridgehead atoms. The Kier molecular flexibility index (Phi) is 15.1. The predicted molar refractivity (Wildman–Crippen MR) is 187 cm³/mol. The van der Waals surface area contributed by atoms with Gasteiger partial charge in [-0.05, 0) is 24.6 Å². The van der Waals surface area contributed by atoms with Gasteiger partial charge in [-0.2, -0.15) is 0 Å². The molecule has 1 heterocycles. The molecule has 0 radical (unpaired) electrons. The lowest BCUT2D eigenvalue weighted by atomic mass is 9.85. The number of unbranched alkanes of at least 4 members (excludes halogenated alkanes) is 9. The molecular formula is C35H54ClN3O7S. The molecule has 0 spiro atoms. The standard InChI is InChI=1S/C35H54ClN3O7S/c1-8-9-10-11-12-13-14-15-16-17-20-47(45,46)23-24(2)31(42)37-25-18-19-26(36)27(21-25)38-32(43)29(30(41)34(3,4)5)39-28(40)22-35(6,7)33(39)44/h18-19,21,24,29H,8-17,20,22-23H2,1-7H3,(H,37,42)(H,38,43). The summed E-state index contributed by atoms with van der Waals surface area (Å²) in [5.74, 6) is -4.39. The van der Waals surface area contributed by atoms with Gasteiger partial charge in [-0.15, -0.1) is 0 Å². The van der Waals surface area contributed by atoms with Crippen LogP contribution in [-0.2, 0) is 33.8 Å². The highest BCUT2D eigenvalue weighted by molar-refractivity contribution is 7.91. The van der Waals surface area contributed by atoms with Gasteiger partial charge in [0, 0.05) is 23.4 Å². The number of sulfone groups is 1. The van der Waals surface area contributed by atoms with Crippen molar-refractivity contribution in [3.8, 4) is 0 Å². The Bertz CT molecular complexity index is 1400. The second-order valence-corrected chi connectivity index (χ2v) is 17.2. The number of imide groups is 1. The average Bonchev–Trinajstić information content (AvgIpc) is 3.16. The number of hydrogen-bond acceptors (Lipinski definition) is 7. The normalized spacial score (nSPS) is 16.2. The van der Waals surface area contributed by atoms with Crippen molar-refractivity contribution in [2.45, 2.75) is 125 Å². The molecule has 1 fully saturated rings. The Balaban J connectivity index is 2.01. The number of Topliss-reactive ketones (excluding diaryl/α,β-unsaturated/α-hetero) is 1. The van der Waals surface area contributed by atoms with Crippen LogP contribution in [0, 0.1) is 16.7 Å². The molecule has 1 aromatic rings. The molecule has 1 saturated heterocycles. The van der Waals surface area contributed by atoms with Crippen LogP contribution in [0.25, 0.3) is 0 Å². The van der Waals surface area contributed by atoms with Crippen LogP contribution in [0.3, 0.4) is 0 Å². The van der Waals surface area contributed by atoms with Crippen LogP contribution in [0.15, 0.2) is 18.2 Å². The van der Waals surface area contributed by atoms with Gasteiger partial charge in [0.05, 0.1) is 27.6 Å². The van der Waals surface area contributed by atoms with Gasteiger partial charge in [0.2, 0.25) is 17.7 Å². The molecule has 47 heavy (non-hydrogen) atoms. The van der Waals surface area contributed by atoms with Crippen LogP contribution in [0.5, 0.6) is 0 Å². The minimum absolute atomic E-state index is 0.0336. The maximum Gasteiger partial charge on any atom is 0.255 e. The van der Waals surface area contributed by atoms with Crippen LogP contribution in [0.2, 0.25) is 5.02 Å². The largest absolute Gasteiger partial charge is 0.326 e. The third kappa shape index (κ3) is 12.3. The molecule has 2 rings (SSSR count). The number of hydrogen-bond donors (Lipinski definition) is 2. The van der Waals surface area contributed by atoms with Gasteiger partial charge >= 0.3 is 0 Å². The maximum absolute atomic E-state index is 13.6. The number of carbonyl (C=O) groups is 5. The molecular weight excluding hydrogens is 642 g/mol. The molecule has 1 aliphatic rings. The van der Waals surface area contributed by atoms with Crippen LogP contribution in [0.4, 0.5) is 11.4 Å². The topological polar surface area (TPSA) is 147 Å². The summed E-state index contributed by atoms with van der Waals surface area (Å²) >= 11 is 6.34. The lowest BCUT2D eigenvalue weighted by molar-refractivity contribution is -0.153. The van der Waals surface area contributed by atoms with E-state index >= 15 is 0 Å². The summed E-state index contributed by atoms with van der Waals surface area (Å²) in [7, 11) is -3.44. The third-order valence-corrected chi connectivity index (χ3v) is 10.7. The molecule has 1 aromatic carbocycles. The number of nitrogens with one attached hydrogen (secondary N) is 2. The summed E-state index contributed by atoms with van der Waals surface area (Å²) in [6.07, 6.45) is 10.8. The Morgan fingerprint density at radius 2 is 1.47 bits per heavy atom. The monoisotopic (exact) mass is 695 g/mol. The lowest BCUT2D eigenvalue weighted by Crippen LogP contribution is -2.55. The first kappa shape index (κ1) is 40.4. The van der Waals surface area contributed by atoms with Crippen molar-refractivity contribution < 1.29 is 32.4 Å². The predicted octanol–water partition coefficient (Wildman–Crippen LogP) is 6.96. The highest BCUT2D eigenvalue weighted by Crippen LogP contribution is 2.35. The van der Waals surface area contributed by atoms with Gasteiger partial charge in [0.25, 0.3) is 5.91 Å². The second-order valence-electron chi connectivity index (χ2n) is 14.5. The van der Waals surface area contributed by atoms with E-state index in [-0.39, 0.29) is 34.3 Å². The van der Waals surface area contributed by atoms with E-state index in [2.05, 4.69) is 17.6 Å². The minimum Gasteiger partial charge on any atom is -0.326 e. The zero-order valence-electron chi connectivity index (χ0n) is 29.2.